The van der Waals surface area contributed by atoms with Crippen molar-refractivity contribution in [2.45, 2.75) is 58.6 Å². The predicted octanol–water partition coefficient (Wildman–Crippen LogP) is 5.03. The lowest BCUT2D eigenvalue weighted by molar-refractivity contribution is -0.0123. The summed E-state index contributed by atoms with van der Waals surface area (Å²) in [6.45, 7) is 4.40. The highest BCUT2D eigenvalue weighted by atomic mass is 16.5. The fourth-order valence-corrected chi connectivity index (χ4v) is 6.13. The Bertz CT molecular complexity index is 835. The van der Waals surface area contributed by atoms with E-state index in [9.17, 15) is 4.79 Å². The monoisotopic (exact) mass is 379 g/mol. The molecule has 4 fully saturated rings. The number of ether oxygens (including phenoxy) is 1. The molecule has 0 saturated heterocycles. The van der Waals surface area contributed by atoms with Gasteiger partial charge >= 0.3 is 0 Å². The third-order valence-electron chi connectivity index (χ3n) is 7.18. The normalized spacial score (nSPS) is 30.4. The van der Waals surface area contributed by atoms with Crippen LogP contribution < -0.4 is 10.1 Å². The fraction of sp³-hybridized carbons (Fsp3) is 0.542. The van der Waals surface area contributed by atoms with Crippen LogP contribution in [0, 0.1) is 37.5 Å². The first-order valence-corrected chi connectivity index (χ1v) is 10.7. The third kappa shape index (κ3) is 3.23. The molecule has 1 aromatic heterocycles. The minimum Gasteiger partial charge on any atom is -0.485 e. The van der Waals surface area contributed by atoms with E-state index in [2.05, 4.69) is 5.32 Å². The molecule has 148 valence electrons. The van der Waals surface area contributed by atoms with Crippen LogP contribution in [0.5, 0.6) is 5.75 Å². The van der Waals surface area contributed by atoms with Crippen molar-refractivity contribution in [2.75, 3.05) is 0 Å². The van der Waals surface area contributed by atoms with Gasteiger partial charge in [0.25, 0.3) is 5.91 Å². The Kier molecular flexibility index (Phi) is 4.45. The molecule has 0 radical (unpaired) electrons. The zero-order chi connectivity index (χ0) is 19.3. The van der Waals surface area contributed by atoms with Crippen LogP contribution in [0.4, 0.5) is 0 Å². The number of hydrogen-bond acceptors (Lipinski definition) is 3. The average molecular weight is 380 g/mol. The molecule has 6 rings (SSSR count). The molecule has 4 aliphatic carbocycles. The minimum atomic E-state index is -0.0733. The van der Waals surface area contributed by atoms with Gasteiger partial charge in [0, 0.05) is 6.04 Å². The van der Waals surface area contributed by atoms with Gasteiger partial charge in [-0.1, -0.05) is 18.2 Å². The van der Waals surface area contributed by atoms with Gasteiger partial charge in [-0.05, 0) is 92.9 Å². The van der Waals surface area contributed by atoms with Crippen LogP contribution in [-0.2, 0) is 6.61 Å². The first-order valence-electron chi connectivity index (χ1n) is 10.7. The van der Waals surface area contributed by atoms with Gasteiger partial charge in [-0.25, -0.2) is 0 Å². The second-order valence-corrected chi connectivity index (χ2v) is 9.21. The molecular weight excluding hydrogens is 350 g/mol. The number of hydrogen-bond donors (Lipinski definition) is 1. The second-order valence-electron chi connectivity index (χ2n) is 9.21. The molecule has 4 nitrogen and oxygen atoms in total. The van der Waals surface area contributed by atoms with Gasteiger partial charge in [-0.15, -0.1) is 0 Å². The van der Waals surface area contributed by atoms with Crippen molar-refractivity contribution in [1.82, 2.24) is 5.32 Å². The largest absolute Gasteiger partial charge is 0.485 e. The number of nitrogens with one attached hydrogen (secondary N) is 1. The van der Waals surface area contributed by atoms with E-state index in [0.717, 1.165) is 28.7 Å². The van der Waals surface area contributed by atoms with Crippen LogP contribution in [-0.4, -0.2) is 11.9 Å². The molecule has 4 heteroatoms. The van der Waals surface area contributed by atoms with Gasteiger partial charge in [0.15, 0.2) is 5.76 Å². The van der Waals surface area contributed by atoms with Crippen molar-refractivity contribution < 1.29 is 13.9 Å². The smallest absolute Gasteiger partial charge is 0.287 e. The summed E-state index contributed by atoms with van der Waals surface area (Å²) in [6.07, 6.45) is 6.61. The lowest BCUT2D eigenvalue weighted by atomic mass is 9.54. The summed E-state index contributed by atoms with van der Waals surface area (Å²) in [5.74, 6) is 5.05. The van der Waals surface area contributed by atoms with Crippen molar-refractivity contribution in [3.8, 4) is 5.75 Å². The number of benzene rings is 1. The van der Waals surface area contributed by atoms with E-state index in [1.165, 1.54) is 32.1 Å². The maximum atomic E-state index is 12.8. The molecule has 0 aliphatic heterocycles. The second kappa shape index (κ2) is 6.98. The zero-order valence-corrected chi connectivity index (χ0v) is 16.7. The van der Waals surface area contributed by atoms with Gasteiger partial charge in [-0.2, -0.15) is 0 Å². The summed E-state index contributed by atoms with van der Waals surface area (Å²) in [6, 6.07) is 10.0. The van der Waals surface area contributed by atoms with E-state index >= 15 is 0 Å². The van der Waals surface area contributed by atoms with Gasteiger partial charge in [0.05, 0.1) is 0 Å². The molecule has 1 aromatic carbocycles. The Morgan fingerprint density at radius 2 is 1.64 bits per heavy atom. The first-order chi connectivity index (χ1) is 13.6. The molecule has 0 unspecified atom stereocenters. The maximum absolute atomic E-state index is 12.8. The van der Waals surface area contributed by atoms with Crippen LogP contribution in [0.2, 0.25) is 0 Å². The molecule has 4 bridgehead atoms. The highest BCUT2D eigenvalue weighted by molar-refractivity contribution is 5.91. The highest BCUT2D eigenvalue weighted by Crippen LogP contribution is 2.53. The number of carbonyl (C=O) groups is 1. The number of aryl methyl sites for hydroxylation is 2. The Balaban J connectivity index is 1.22. The van der Waals surface area contributed by atoms with E-state index in [1.54, 1.807) is 6.07 Å². The maximum Gasteiger partial charge on any atom is 0.287 e. The van der Waals surface area contributed by atoms with Gasteiger partial charge in [0.2, 0.25) is 0 Å². The summed E-state index contributed by atoms with van der Waals surface area (Å²) in [5, 5.41) is 3.31. The van der Waals surface area contributed by atoms with E-state index in [1.807, 2.05) is 38.1 Å². The molecule has 1 N–H and O–H groups in total. The standard InChI is InChI=1S/C24H29NO3/c1-14-4-3-5-15(2)23(14)27-13-20-6-7-21(28-20)24(26)25-22-18-9-16-8-17(11-18)12-19(22)10-16/h3-7,16-19,22H,8-13H2,1-2H3,(H,25,26). The van der Waals surface area contributed by atoms with E-state index in [-0.39, 0.29) is 5.91 Å². The molecule has 28 heavy (non-hydrogen) atoms. The first kappa shape index (κ1) is 17.8. The van der Waals surface area contributed by atoms with Crippen LogP contribution in [0.3, 0.4) is 0 Å². The Morgan fingerprint density at radius 3 is 2.29 bits per heavy atom. The van der Waals surface area contributed by atoms with Crippen LogP contribution in [0.1, 0.15) is 59.5 Å². The summed E-state index contributed by atoms with van der Waals surface area (Å²) < 4.78 is 11.8. The SMILES string of the molecule is Cc1cccc(C)c1OCc1ccc(C(=O)NC2C3CC4CC(C3)CC2C4)o1. The van der Waals surface area contributed by atoms with Crippen molar-refractivity contribution in [2.24, 2.45) is 23.7 Å². The minimum absolute atomic E-state index is 0.0733. The summed E-state index contributed by atoms with van der Waals surface area (Å²) >= 11 is 0. The summed E-state index contributed by atoms with van der Waals surface area (Å²) in [7, 11) is 0. The van der Waals surface area contributed by atoms with Crippen LogP contribution >= 0.6 is 0 Å². The van der Waals surface area contributed by atoms with Crippen molar-refractivity contribution in [3.63, 3.8) is 0 Å². The Hall–Kier alpha value is -2.23. The lowest BCUT2D eigenvalue weighted by Gasteiger charge is -2.54. The van der Waals surface area contributed by atoms with Crippen molar-refractivity contribution in [1.29, 1.82) is 0 Å². The van der Waals surface area contributed by atoms with E-state index in [4.69, 9.17) is 9.15 Å². The number of carbonyl (C=O) groups excluding carboxylic acids is 1. The summed E-state index contributed by atoms with van der Waals surface area (Å²) in [5.41, 5.74) is 2.21. The van der Waals surface area contributed by atoms with E-state index < -0.39 is 0 Å². The Labute approximate surface area is 166 Å². The van der Waals surface area contributed by atoms with Gasteiger partial charge in [0.1, 0.15) is 18.1 Å². The number of amides is 1. The number of rotatable bonds is 5. The third-order valence-corrected chi connectivity index (χ3v) is 7.18. The molecule has 4 aliphatic rings. The molecular formula is C24H29NO3. The lowest BCUT2D eigenvalue weighted by Crippen LogP contribution is -2.55. The average Bonchev–Trinajstić information content (AvgIpc) is 3.13. The van der Waals surface area contributed by atoms with Crippen LogP contribution in [0.25, 0.3) is 0 Å². The number of para-hydroxylation sites is 1. The van der Waals surface area contributed by atoms with Gasteiger partial charge in [-0.3, -0.25) is 4.79 Å². The van der Waals surface area contributed by atoms with Crippen molar-refractivity contribution in [3.05, 3.63) is 53.0 Å². The summed E-state index contributed by atoms with van der Waals surface area (Å²) in [4.78, 5) is 12.8. The quantitative estimate of drug-likeness (QED) is 0.793. The zero-order valence-electron chi connectivity index (χ0n) is 16.7. The van der Waals surface area contributed by atoms with Gasteiger partial charge < -0.3 is 14.5 Å². The molecule has 1 heterocycles. The Morgan fingerprint density at radius 1 is 1.00 bits per heavy atom. The van der Waals surface area contributed by atoms with Crippen molar-refractivity contribution >= 4 is 5.91 Å². The molecule has 2 aromatic rings. The van der Waals surface area contributed by atoms with Crippen LogP contribution in [0.15, 0.2) is 34.7 Å². The predicted molar refractivity (Wildman–Crippen MR) is 107 cm³/mol. The van der Waals surface area contributed by atoms with E-state index in [0.29, 0.717) is 36.0 Å². The number of furan rings is 1. The molecule has 1 amide bonds. The fourth-order valence-electron chi connectivity index (χ4n) is 6.13. The molecule has 0 spiro atoms. The molecule has 0 atom stereocenters. The topological polar surface area (TPSA) is 51.5 Å². The highest BCUT2D eigenvalue weighted by Gasteiger charge is 2.48. The molecule has 4 saturated carbocycles.